The Balaban J connectivity index is 2.44. The number of carbonyl (C=O) groups is 3. The molecule has 1 amide bonds. The van der Waals surface area contributed by atoms with Crippen LogP contribution < -0.4 is 5.32 Å². The third-order valence-electron chi connectivity index (χ3n) is 3.30. The van der Waals surface area contributed by atoms with Gasteiger partial charge >= 0.3 is 11.9 Å². The SMILES string of the molecule is CCN(CC)C(=O)[C@@H]1C[C@@H](OC(=O)/C=C/C(=O)OC)CN1. The van der Waals surface area contributed by atoms with Crippen LogP contribution in [0.1, 0.15) is 20.3 Å². The number of likely N-dealkylation sites (N-methyl/N-ethyl adjacent to an activating group) is 1. The lowest BCUT2D eigenvalue weighted by molar-refractivity contribution is -0.143. The Morgan fingerprint density at radius 3 is 2.38 bits per heavy atom. The van der Waals surface area contributed by atoms with E-state index in [-0.39, 0.29) is 18.1 Å². The van der Waals surface area contributed by atoms with Crippen molar-refractivity contribution in [2.24, 2.45) is 0 Å². The van der Waals surface area contributed by atoms with Gasteiger partial charge in [-0.05, 0) is 13.8 Å². The number of amides is 1. The average molecular weight is 298 g/mol. The maximum atomic E-state index is 12.1. The van der Waals surface area contributed by atoms with E-state index in [1.807, 2.05) is 13.8 Å². The van der Waals surface area contributed by atoms with E-state index in [1.165, 1.54) is 7.11 Å². The second-order valence-corrected chi connectivity index (χ2v) is 4.62. The van der Waals surface area contributed by atoms with Crippen molar-refractivity contribution >= 4 is 17.8 Å². The zero-order chi connectivity index (χ0) is 15.8. The Hall–Kier alpha value is -1.89. The van der Waals surface area contributed by atoms with Crippen molar-refractivity contribution in [1.82, 2.24) is 10.2 Å². The Labute approximate surface area is 124 Å². The highest BCUT2D eigenvalue weighted by Crippen LogP contribution is 2.13. The van der Waals surface area contributed by atoms with Gasteiger partial charge in [-0.3, -0.25) is 4.79 Å². The van der Waals surface area contributed by atoms with Crippen molar-refractivity contribution < 1.29 is 23.9 Å². The second-order valence-electron chi connectivity index (χ2n) is 4.62. The normalized spacial score (nSPS) is 21.3. The number of carbonyl (C=O) groups excluding carboxylic acids is 3. The Kier molecular flexibility index (Phi) is 6.87. The summed E-state index contributed by atoms with van der Waals surface area (Å²) in [4.78, 5) is 36.2. The fraction of sp³-hybridized carbons (Fsp3) is 0.643. The molecule has 0 aromatic carbocycles. The average Bonchev–Trinajstić information content (AvgIpc) is 2.94. The van der Waals surface area contributed by atoms with Crippen LogP contribution in [0.25, 0.3) is 0 Å². The van der Waals surface area contributed by atoms with Crippen molar-refractivity contribution in [3.8, 4) is 0 Å². The summed E-state index contributed by atoms with van der Waals surface area (Å²) in [5.74, 6) is -1.22. The molecule has 0 unspecified atom stereocenters. The van der Waals surface area contributed by atoms with Gasteiger partial charge in [0.2, 0.25) is 5.91 Å². The Morgan fingerprint density at radius 1 is 1.19 bits per heavy atom. The third-order valence-corrected chi connectivity index (χ3v) is 3.30. The zero-order valence-corrected chi connectivity index (χ0v) is 12.6. The van der Waals surface area contributed by atoms with Gasteiger partial charge in [0.25, 0.3) is 0 Å². The highest BCUT2D eigenvalue weighted by molar-refractivity contribution is 5.91. The number of nitrogens with zero attached hydrogens (tertiary/aromatic N) is 1. The van der Waals surface area contributed by atoms with Gasteiger partial charge in [-0.2, -0.15) is 0 Å². The summed E-state index contributed by atoms with van der Waals surface area (Å²) in [7, 11) is 1.22. The maximum absolute atomic E-state index is 12.1. The van der Waals surface area contributed by atoms with Crippen LogP contribution in [0.4, 0.5) is 0 Å². The molecule has 1 N–H and O–H groups in total. The largest absolute Gasteiger partial charge is 0.466 e. The van der Waals surface area contributed by atoms with E-state index in [2.05, 4.69) is 10.1 Å². The van der Waals surface area contributed by atoms with E-state index in [4.69, 9.17) is 4.74 Å². The number of nitrogens with one attached hydrogen (secondary N) is 1. The first kappa shape index (κ1) is 17.2. The molecule has 0 bridgehead atoms. The van der Waals surface area contributed by atoms with Gasteiger partial charge < -0.3 is 19.7 Å². The minimum Gasteiger partial charge on any atom is -0.466 e. The van der Waals surface area contributed by atoms with Gasteiger partial charge in [0, 0.05) is 38.2 Å². The molecule has 21 heavy (non-hydrogen) atoms. The van der Waals surface area contributed by atoms with Crippen LogP contribution >= 0.6 is 0 Å². The first-order chi connectivity index (χ1) is 10.0. The first-order valence-corrected chi connectivity index (χ1v) is 7.00. The predicted octanol–water partition coefficient (Wildman–Crippen LogP) is -0.142. The van der Waals surface area contributed by atoms with Crippen LogP contribution in [-0.4, -0.2) is 61.6 Å². The van der Waals surface area contributed by atoms with E-state index in [9.17, 15) is 14.4 Å². The van der Waals surface area contributed by atoms with Crippen LogP contribution in [0.2, 0.25) is 0 Å². The molecule has 118 valence electrons. The summed E-state index contributed by atoms with van der Waals surface area (Å²) in [5.41, 5.74) is 0. The number of ether oxygens (including phenoxy) is 2. The predicted molar refractivity (Wildman–Crippen MR) is 75.4 cm³/mol. The number of esters is 2. The summed E-state index contributed by atoms with van der Waals surface area (Å²) in [6, 6.07) is -0.327. The summed E-state index contributed by atoms with van der Waals surface area (Å²) in [6.07, 6.45) is 2.09. The van der Waals surface area contributed by atoms with Gasteiger partial charge in [0.1, 0.15) is 6.10 Å². The molecule has 1 aliphatic rings. The van der Waals surface area contributed by atoms with E-state index >= 15 is 0 Å². The molecule has 1 heterocycles. The highest BCUT2D eigenvalue weighted by Gasteiger charge is 2.33. The molecule has 0 aromatic heterocycles. The molecule has 0 spiro atoms. The summed E-state index contributed by atoms with van der Waals surface area (Å²) in [6.45, 7) is 5.58. The topological polar surface area (TPSA) is 84.9 Å². The molecular weight excluding hydrogens is 276 g/mol. The molecule has 7 nitrogen and oxygen atoms in total. The Morgan fingerprint density at radius 2 is 1.81 bits per heavy atom. The van der Waals surface area contributed by atoms with Crippen LogP contribution in [0.5, 0.6) is 0 Å². The summed E-state index contributed by atoms with van der Waals surface area (Å²) < 4.78 is 9.54. The van der Waals surface area contributed by atoms with Gasteiger partial charge in [0.05, 0.1) is 13.2 Å². The van der Waals surface area contributed by atoms with Crippen molar-refractivity contribution in [1.29, 1.82) is 0 Å². The van der Waals surface area contributed by atoms with E-state index in [1.54, 1.807) is 4.90 Å². The van der Waals surface area contributed by atoms with Gasteiger partial charge in [0.15, 0.2) is 0 Å². The second kappa shape index (κ2) is 8.41. The standard InChI is InChI=1S/C14H22N2O5/c1-4-16(5-2)14(19)11-8-10(9-15-11)21-13(18)7-6-12(17)20-3/h6-7,10-11,15H,4-5,8-9H2,1-3H3/b7-6+/t10-,11+/m1/s1. The lowest BCUT2D eigenvalue weighted by atomic mass is 10.2. The van der Waals surface area contributed by atoms with Crippen molar-refractivity contribution in [2.75, 3.05) is 26.7 Å². The minimum atomic E-state index is -0.622. The van der Waals surface area contributed by atoms with Crippen molar-refractivity contribution in [2.45, 2.75) is 32.4 Å². The van der Waals surface area contributed by atoms with Crippen molar-refractivity contribution in [3.63, 3.8) is 0 Å². The number of hydrogen-bond donors (Lipinski definition) is 1. The molecule has 1 saturated heterocycles. The van der Waals surface area contributed by atoms with Crippen LogP contribution in [0, 0.1) is 0 Å². The molecule has 0 saturated carbocycles. The number of rotatable bonds is 6. The van der Waals surface area contributed by atoms with Crippen LogP contribution in [0.3, 0.4) is 0 Å². The van der Waals surface area contributed by atoms with Crippen LogP contribution in [0.15, 0.2) is 12.2 Å². The number of hydrogen-bond acceptors (Lipinski definition) is 6. The molecule has 0 radical (unpaired) electrons. The zero-order valence-electron chi connectivity index (χ0n) is 12.6. The molecule has 7 heteroatoms. The number of methoxy groups -OCH3 is 1. The molecule has 0 aliphatic carbocycles. The quantitative estimate of drug-likeness (QED) is 0.542. The lowest BCUT2D eigenvalue weighted by Crippen LogP contribution is -2.43. The first-order valence-electron chi connectivity index (χ1n) is 7.00. The van der Waals surface area contributed by atoms with E-state index in [0.717, 1.165) is 12.2 Å². The minimum absolute atomic E-state index is 0.0173. The van der Waals surface area contributed by atoms with Gasteiger partial charge in [-0.1, -0.05) is 0 Å². The maximum Gasteiger partial charge on any atom is 0.331 e. The van der Waals surface area contributed by atoms with Gasteiger partial charge in [-0.15, -0.1) is 0 Å². The fourth-order valence-electron chi connectivity index (χ4n) is 2.14. The molecule has 0 aromatic rings. The monoisotopic (exact) mass is 298 g/mol. The Bertz CT molecular complexity index is 418. The molecule has 1 rings (SSSR count). The van der Waals surface area contributed by atoms with Gasteiger partial charge in [-0.25, -0.2) is 9.59 Å². The molecule has 1 aliphatic heterocycles. The summed E-state index contributed by atoms with van der Waals surface area (Å²) in [5, 5.41) is 3.05. The van der Waals surface area contributed by atoms with Crippen molar-refractivity contribution in [3.05, 3.63) is 12.2 Å². The molecule has 2 atom stereocenters. The molecule has 1 fully saturated rings. The molecular formula is C14H22N2O5. The third kappa shape index (κ3) is 5.18. The highest BCUT2D eigenvalue weighted by atomic mass is 16.5. The van der Waals surface area contributed by atoms with E-state index in [0.29, 0.717) is 26.1 Å². The fourth-order valence-corrected chi connectivity index (χ4v) is 2.14. The summed E-state index contributed by atoms with van der Waals surface area (Å²) >= 11 is 0. The smallest absolute Gasteiger partial charge is 0.331 e. The lowest BCUT2D eigenvalue weighted by Gasteiger charge is -2.22. The van der Waals surface area contributed by atoms with E-state index < -0.39 is 11.9 Å². The van der Waals surface area contributed by atoms with Crippen LogP contribution in [-0.2, 0) is 23.9 Å².